The highest BCUT2D eigenvalue weighted by Crippen LogP contribution is 2.25. The lowest BCUT2D eigenvalue weighted by Crippen LogP contribution is -2.33. The third-order valence-corrected chi connectivity index (χ3v) is 5.30. The SMILES string of the molecule is NC(Cc1ccc(OC(F)(F)F)cc1)C1CCS(=O)(=O)C1. The van der Waals surface area contributed by atoms with Crippen LogP contribution in [0.5, 0.6) is 5.75 Å². The molecule has 118 valence electrons. The van der Waals surface area contributed by atoms with Crippen molar-refractivity contribution < 1.29 is 26.3 Å². The van der Waals surface area contributed by atoms with Crippen molar-refractivity contribution in [3.8, 4) is 5.75 Å². The molecule has 1 aromatic carbocycles. The Bertz CT molecular complexity index is 584. The average Bonchev–Trinajstić information content (AvgIpc) is 2.70. The number of rotatable bonds is 4. The molecule has 1 heterocycles. The van der Waals surface area contributed by atoms with Gasteiger partial charge in [-0.05, 0) is 36.5 Å². The van der Waals surface area contributed by atoms with Gasteiger partial charge in [0, 0.05) is 6.04 Å². The molecule has 2 atom stereocenters. The van der Waals surface area contributed by atoms with Crippen LogP contribution in [-0.4, -0.2) is 32.3 Å². The molecule has 2 rings (SSSR count). The predicted octanol–water partition coefficient (Wildman–Crippen LogP) is 1.89. The van der Waals surface area contributed by atoms with Gasteiger partial charge in [0.2, 0.25) is 0 Å². The first kappa shape index (κ1) is 16.1. The van der Waals surface area contributed by atoms with Crippen molar-refractivity contribution in [2.45, 2.75) is 25.2 Å². The van der Waals surface area contributed by atoms with E-state index in [-0.39, 0.29) is 29.2 Å². The van der Waals surface area contributed by atoms with Crippen molar-refractivity contribution in [1.82, 2.24) is 0 Å². The number of sulfone groups is 1. The molecule has 1 aromatic rings. The smallest absolute Gasteiger partial charge is 0.406 e. The minimum Gasteiger partial charge on any atom is -0.406 e. The summed E-state index contributed by atoms with van der Waals surface area (Å²) in [6.07, 6.45) is -3.75. The molecule has 0 aromatic heterocycles. The van der Waals surface area contributed by atoms with Gasteiger partial charge < -0.3 is 10.5 Å². The first-order valence-electron chi connectivity index (χ1n) is 6.45. The molecule has 1 aliphatic rings. The van der Waals surface area contributed by atoms with Crippen LogP contribution in [0.2, 0.25) is 0 Å². The summed E-state index contributed by atoms with van der Waals surface area (Å²) in [6.45, 7) is 0. The zero-order chi connectivity index (χ0) is 15.7. The van der Waals surface area contributed by atoms with Crippen molar-refractivity contribution in [1.29, 1.82) is 0 Å². The third-order valence-electron chi connectivity index (χ3n) is 3.50. The molecule has 1 aliphatic heterocycles. The standard InChI is InChI=1S/C13H16F3NO3S/c14-13(15,16)20-11-3-1-9(2-4-11)7-12(17)10-5-6-21(18,19)8-10/h1-4,10,12H,5-8,17H2. The molecule has 0 bridgehead atoms. The zero-order valence-electron chi connectivity index (χ0n) is 11.1. The number of benzene rings is 1. The van der Waals surface area contributed by atoms with Gasteiger partial charge in [-0.2, -0.15) is 0 Å². The maximum absolute atomic E-state index is 12.0. The topological polar surface area (TPSA) is 69.4 Å². The fourth-order valence-electron chi connectivity index (χ4n) is 2.43. The summed E-state index contributed by atoms with van der Waals surface area (Å²) >= 11 is 0. The van der Waals surface area contributed by atoms with Crippen LogP contribution in [0, 0.1) is 5.92 Å². The Kier molecular flexibility index (Phi) is 4.48. The lowest BCUT2D eigenvalue weighted by atomic mass is 9.94. The van der Waals surface area contributed by atoms with Crippen LogP contribution in [0.4, 0.5) is 13.2 Å². The molecule has 1 fully saturated rings. The first-order chi connectivity index (χ1) is 9.65. The molecule has 0 spiro atoms. The van der Waals surface area contributed by atoms with E-state index < -0.39 is 16.2 Å². The van der Waals surface area contributed by atoms with Gasteiger partial charge in [0.25, 0.3) is 0 Å². The summed E-state index contributed by atoms with van der Waals surface area (Å²) in [5.41, 5.74) is 6.75. The van der Waals surface area contributed by atoms with Crippen LogP contribution in [0.1, 0.15) is 12.0 Å². The highest BCUT2D eigenvalue weighted by atomic mass is 32.2. The molecule has 1 saturated heterocycles. The maximum atomic E-state index is 12.0. The zero-order valence-corrected chi connectivity index (χ0v) is 12.0. The largest absolute Gasteiger partial charge is 0.573 e. The fraction of sp³-hybridized carbons (Fsp3) is 0.538. The van der Waals surface area contributed by atoms with Gasteiger partial charge in [-0.15, -0.1) is 13.2 Å². The van der Waals surface area contributed by atoms with E-state index in [9.17, 15) is 21.6 Å². The second kappa shape index (κ2) is 5.84. The lowest BCUT2D eigenvalue weighted by molar-refractivity contribution is -0.274. The molecule has 4 nitrogen and oxygen atoms in total. The van der Waals surface area contributed by atoms with Crippen LogP contribution in [0.3, 0.4) is 0 Å². The first-order valence-corrected chi connectivity index (χ1v) is 8.27. The number of alkyl halides is 3. The number of halogens is 3. The minimum absolute atomic E-state index is 0.0867. The molecule has 8 heteroatoms. The number of hydrogen-bond donors (Lipinski definition) is 1. The van der Waals surface area contributed by atoms with Crippen LogP contribution in [0.25, 0.3) is 0 Å². The number of nitrogens with two attached hydrogens (primary N) is 1. The van der Waals surface area contributed by atoms with Crippen LogP contribution in [0.15, 0.2) is 24.3 Å². The van der Waals surface area contributed by atoms with E-state index in [2.05, 4.69) is 4.74 Å². The van der Waals surface area contributed by atoms with Crippen molar-refractivity contribution in [3.63, 3.8) is 0 Å². The van der Waals surface area contributed by atoms with Gasteiger partial charge in [0.1, 0.15) is 5.75 Å². The van der Waals surface area contributed by atoms with Gasteiger partial charge >= 0.3 is 6.36 Å². The van der Waals surface area contributed by atoms with Gasteiger partial charge in [0.05, 0.1) is 11.5 Å². The third kappa shape index (κ3) is 4.89. The van der Waals surface area contributed by atoms with Gasteiger partial charge in [0.15, 0.2) is 9.84 Å². The quantitative estimate of drug-likeness (QED) is 0.919. The van der Waals surface area contributed by atoms with Crippen molar-refractivity contribution >= 4 is 9.84 Å². The second-order valence-corrected chi connectivity index (χ2v) is 7.45. The summed E-state index contributed by atoms with van der Waals surface area (Å²) in [6, 6.07) is 5.13. The molecule has 2 unspecified atom stereocenters. The summed E-state index contributed by atoms with van der Waals surface area (Å²) in [5.74, 6) is -0.142. The Morgan fingerprint density at radius 1 is 1.29 bits per heavy atom. The van der Waals surface area contributed by atoms with E-state index in [4.69, 9.17) is 5.73 Å². The normalized spacial score (nSPS) is 23.0. The number of hydrogen-bond acceptors (Lipinski definition) is 4. The van der Waals surface area contributed by atoms with Gasteiger partial charge in [-0.25, -0.2) is 8.42 Å². The van der Waals surface area contributed by atoms with E-state index in [0.717, 1.165) is 5.56 Å². The van der Waals surface area contributed by atoms with Crippen molar-refractivity contribution in [3.05, 3.63) is 29.8 Å². The predicted molar refractivity (Wildman–Crippen MR) is 71.6 cm³/mol. The van der Waals surface area contributed by atoms with E-state index >= 15 is 0 Å². The molecular weight excluding hydrogens is 307 g/mol. The summed E-state index contributed by atoms with van der Waals surface area (Å²) in [5, 5.41) is 0. The molecule has 0 amide bonds. The molecular formula is C13H16F3NO3S. The summed E-state index contributed by atoms with van der Waals surface area (Å²) in [7, 11) is -2.98. The maximum Gasteiger partial charge on any atom is 0.573 e. The van der Waals surface area contributed by atoms with Crippen LogP contribution < -0.4 is 10.5 Å². The van der Waals surface area contributed by atoms with Gasteiger partial charge in [-0.3, -0.25) is 0 Å². The minimum atomic E-state index is -4.71. The molecule has 0 aliphatic carbocycles. The monoisotopic (exact) mass is 323 g/mol. The molecule has 2 N–H and O–H groups in total. The Labute approximate surface area is 121 Å². The van der Waals surface area contributed by atoms with E-state index in [1.165, 1.54) is 24.3 Å². The number of ether oxygens (including phenoxy) is 1. The highest BCUT2D eigenvalue weighted by molar-refractivity contribution is 7.91. The molecule has 0 saturated carbocycles. The van der Waals surface area contributed by atoms with E-state index in [1.54, 1.807) is 0 Å². The van der Waals surface area contributed by atoms with Crippen molar-refractivity contribution in [2.24, 2.45) is 11.7 Å². The Hall–Kier alpha value is -1.28. The van der Waals surface area contributed by atoms with Gasteiger partial charge in [-0.1, -0.05) is 12.1 Å². The van der Waals surface area contributed by atoms with Crippen LogP contribution in [-0.2, 0) is 16.3 Å². The Morgan fingerprint density at radius 3 is 2.38 bits per heavy atom. The highest BCUT2D eigenvalue weighted by Gasteiger charge is 2.32. The van der Waals surface area contributed by atoms with Crippen molar-refractivity contribution in [2.75, 3.05) is 11.5 Å². The average molecular weight is 323 g/mol. The lowest BCUT2D eigenvalue weighted by Gasteiger charge is -2.18. The fourth-order valence-corrected chi connectivity index (χ4v) is 4.32. The summed E-state index contributed by atoms with van der Waals surface area (Å²) < 4.78 is 62.7. The Balaban J connectivity index is 1.94. The summed E-state index contributed by atoms with van der Waals surface area (Å²) in [4.78, 5) is 0. The molecule has 21 heavy (non-hydrogen) atoms. The van der Waals surface area contributed by atoms with E-state index in [0.29, 0.717) is 12.8 Å². The van der Waals surface area contributed by atoms with Crippen LogP contribution >= 0.6 is 0 Å². The Morgan fingerprint density at radius 2 is 1.90 bits per heavy atom. The molecule has 0 radical (unpaired) electrons. The second-order valence-electron chi connectivity index (χ2n) is 5.22. The van der Waals surface area contributed by atoms with E-state index in [1.807, 2.05) is 0 Å².